The van der Waals surface area contributed by atoms with Crippen LogP contribution in [-0.2, 0) is 40.6 Å². The average Bonchev–Trinajstić information content (AvgIpc) is 2.71. The minimum Gasteiger partial charge on any atom is 0 e. The van der Waals surface area contributed by atoms with Gasteiger partial charge in [-0.2, -0.15) is 0 Å². The van der Waals surface area contributed by atoms with Gasteiger partial charge in [0.1, 0.15) is 0 Å². The van der Waals surface area contributed by atoms with Crippen LogP contribution in [-0.4, -0.2) is 25.2 Å². The van der Waals surface area contributed by atoms with Crippen molar-refractivity contribution in [1.29, 1.82) is 0 Å². The molecule has 1 aromatic carbocycles. The van der Waals surface area contributed by atoms with Gasteiger partial charge in [0.15, 0.2) is 0 Å². The van der Waals surface area contributed by atoms with Crippen molar-refractivity contribution in [3.8, 4) is 0 Å². The Labute approximate surface area is 152 Å². The third-order valence-electron chi connectivity index (χ3n) is 2.23. The van der Waals surface area contributed by atoms with Crippen molar-refractivity contribution in [2.24, 2.45) is 0 Å². The first-order valence-electron chi connectivity index (χ1n) is 5.56. The maximum Gasteiger partial charge on any atom is 0 e. The summed E-state index contributed by atoms with van der Waals surface area (Å²) in [5, 5.41) is 3.37. The topological polar surface area (TPSA) is 115 Å². The minimum absolute atomic E-state index is 0. The molecule has 0 saturated carbocycles. The second-order valence-corrected chi connectivity index (χ2v) is 3.36. The Balaban J connectivity index is -0.0000000950. The molecular formula is C16H14CrN2O5. The summed E-state index contributed by atoms with van der Waals surface area (Å²) in [4.78, 5) is 2.23. The van der Waals surface area contributed by atoms with Gasteiger partial charge >= 0.3 is 56.5 Å². The van der Waals surface area contributed by atoms with Gasteiger partial charge in [-0.15, -0.1) is 0 Å². The monoisotopic (exact) mass is 366 g/mol. The molecule has 0 radical (unpaired) electrons. The fourth-order valence-electron chi connectivity index (χ4n) is 1.44. The Morgan fingerprint density at radius 1 is 0.833 bits per heavy atom. The van der Waals surface area contributed by atoms with E-state index < -0.39 is 0 Å². The van der Waals surface area contributed by atoms with Crippen molar-refractivity contribution in [3.05, 3.63) is 75.2 Å². The van der Waals surface area contributed by atoms with Crippen LogP contribution in [0.4, 0.5) is 0 Å². The maximum atomic E-state index is 7.50. The molecule has 0 atom stereocenters. The molecule has 124 valence electrons. The minimum atomic E-state index is 0. The molecule has 0 bridgehead atoms. The first-order valence-corrected chi connectivity index (χ1v) is 5.56. The van der Waals surface area contributed by atoms with E-state index in [4.69, 9.17) is 23.3 Å². The Bertz CT molecular complexity index is 472. The van der Waals surface area contributed by atoms with Crippen LogP contribution >= 0.6 is 0 Å². The molecule has 1 aromatic rings. The third-order valence-corrected chi connectivity index (χ3v) is 2.23. The largest absolute Gasteiger partial charge is 0 e. The number of hydrogen-bond acceptors (Lipinski definition) is 2. The van der Waals surface area contributed by atoms with E-state index in [1.165, 1.54) is 11.3 Å². The summed E-state index contributed by atoms with van der Waals surface area (Å²) >= 11 is 0. The van der Waals surface area contributed by atoms with Crippen LogP contribution in [0.15, 0.2) is 36.4 Å². The molecular weight excluding hydrogens is 352 g/mol. The molecule has 1 aliphatic heterocycles. The number of rotatable bonds is 1. The SMILES string of the molecule is CN1CC=C(c2ccccc2)NC1.[C-]#[O+].[C-]#[O+].[C-]#[O+].[C-]#[O+].[C-]#[O+].[Cr]. The third kappa shape index (κ3) is 18.0. The molecule has 1 N–H and O–H groups in total. The molecule has 0 fully saturated rings. The molecule has 1 aliphatic rings. The standard InChI is InChI=1S/C11H14N2.5CO.Cr/c1-13-8-7-11(12-9-13)10-5-3-2-4-6-10;5*1-2;/h2-7,12H,8-9H2,1H3;;;;;;. The van der Waals surface area contributed by atoms with Crippen LogP contribution in [0.1, 0.15) is 5.56 Å². The van der Waals surface area contributed by atoms with Crippen LogP contribution in [0.3, 0.4) is 0 Å². The van der Waals surface area contributed by atoms with E-state index in [9.17, 15) is 0 Å². The van der Waals surface area contributed by atoms with E-state index in [-0.39, 0.29) is 17.4 Å². The quantitative estimate of drug-likeness (QED) is 0.597. The van der Waals surface area contributed by atoms with Gasteiger partial charge in [0.05, 0.1) is 6.67 Å². The molecule has 0 aliphatic carbocycles. The molecule has 0 saturated heterocycles. The van der Waals surface area contributed by atoms with E-state index in [0.29, 0.717) is 0 Å². The van der Waals surface area contributed by atoms with Crippen LogP contribution in [0, 0.1) is 33.3 Å². The Morgan fingerprint density at radius 3 is 1.58 bits per heavy atom. The van der Waals surface area contributed by atoms with Gasteiger partial charge in [-0.25, -0.2) is 0 Å². The van der Waals surface area contributed by atoms with Gasteiger partial charge in [-0.3, -0.25) is 4.90 Å². The van der Waals surface area contributed by atoms with Gasteiger partial charge in [-0.1, -0.05) is 30.3 Å². The molecule has 0 unspecified atom stereocenters. The predicted molar refractivity (Wildman–Crippen MR) is 74.7 cm³/mol. The zero-order valence-electron chi connectivity index (χ0n) is 12.8. The number of hydrogen-bond donors (Lipinski definition) is 1. The number of nitrogens with one attached hydrogen (secondary N) is 1. The van der Waals surface area contributed by atoms with Gasteiger partial charge in [-0.05, 0) is 18.7 Å². The summed E-state index contributed by atoms with van der Waals surface area (Å²) in [6.45, 7) is 24.5. The fourth-order valence-corrected chi connectivity index (χ4v) is 1.44. The van der Waals surface area contributed by atoms with Gasteiger partial charge in [0.25, 0.3) is 0 Å². The van der Waals surface area contributed by atoms with Crippen molar-refractivity contribution < 1.29 is 40.6 Å². The zero-order valence-corrected chi connectivity index (χ0v) is 14.1. The molecule has 1 heterocycles. The Morgan fingerprint density at radius 2 is 1.25 bits per heavy atom. The number of likely N-dealkylation sites (N-methyl/N-ethyl adjacent to an activating group) is 1. The van der Waals surface area contributed by atoms with Crippen LogP contribution in [0.5, 0.6) is 0 Å². The van der Waals surface area contributed by atoms with Gasteiger partial charge in [0.2, 0.25) is 0 Å². The molecule has 0 spiro atoms. The Hall–Kier alpha value is -2.05. The Kier molecular flexibility index (Phi) is 45.8. The summed E-state index contributed by atoms with van der Waals surface area (Å²) < 4.78 is 37.5. The maximum absolute atomic E-state index is 7.50. The number of nitrogens with zero attached hydrogens (tertiary/aromatic N) is 1. The second kappa shape index (κ2) is 32.8. The summed E-state index contributed by atoms with van der Waals surface area (Å²) in [5.41, 5.74) is 2.52. The van der Waals surface area contributed by atoms with E-state index >= 15 is 0 Å². The molecule has 2 rings (SSSR count). The number of benzene rings is 1. The van der Waals surface area contributed by atoms with E-state index in [1.807, 2.05) is 6.07 Å². The predicted octanol–water partition coefficient (Wildman–Crippen LogP) is 1.33. The zero-order chi connectivity index (χ0) is 19.1. The van der Waals surface area contributed by atoms with E-state index in [1.54, 1.807) is 0 Å². The van der Waals surface area contributed by atoms with Crippen molar-refractivity contribution in [3.63, 3.8) is 0 Å². The fraction of sp³-hybridized carbons (Fsp3) is 0.188. The van der Waals surface area contributed by atoms with Crippen molar-refractivity contribution in [2.75, 3.05) is 20.3 Å². The average molecular weight is 366 g/mol. The van der Waals surface area contributed by atoms with Crippen LogP contribution in [0.2, 0.25) is 0 Å². The molecule has 24 heavy (non-hydrogen) atoms. The van der Waals surface area contributed by atoms with Gasteiger partial charge < -0.3 is 5.32 Å². The normalized spacial score (nSPS) is 10.0. The molecule has 7 nitrogen and oxygen atoms in total. The van der Waals surface area contributed by atoms with Crippen LogP contribution in [0.25, 0.3) is 5.70 Å². The summed E-state index contributed by atoms with van der Waals surface area (Å²) in [6, 6.07) is 10.4. The van der Waals surface area contributed by atoms with Crippen molar-refractivity contribution in [2.45, 2.75) is 0 Å². The molecule has 8 heteroatoms. The summed E-state index contributed by atoms with van der Waals surface area (Å²) in [6.07, 6.45) is 2.22. The van der Waals surface area contributed by atoms with Crippen molar-refractivity contribution in [1.82, 2.24) is 10.2 Å². The second-order valence-electron chi connectivity index (χ2n) is 3.36. The van der Waals surface area contributed by atoms with E-state index in [0.717, 1.165) is 13.2 Å². The first kappa shape index (κ1) is 33.5. The summed E-state index contributed by atoms with van der Waals surface area (Å²) in [7, 11) is 2.10. The molecule has 0 aromatic heterocycles. The molecule has 0 amide bonds. The van der Waals surface area contributed by atoms with Crippen molar-refractivity contribution >= 4 is 5.70 Å². The van der Waals surface area contributed by atoms with Crippen LogP contribution < -0.4 is 5.32 Å². The smallest absolute Gasteiger partial charge is 0 e. The summed E-state index contributed by atoms with van der Waals surface area (Å²) in [5.74, 6) is 0. The van der Waals surface area contributed by atoms with Gasteiger partial charge in [0, 0.05) is 29.6 Å². The van der Waals surface area contributed by atoms with E-state index in [2.05, 4.69) is 80.9 Å². The first-order chi connectivity index (χ1) is 11.4.